The van der Waals surface area contributed by atoms with Crippen LogP contribution in [0.1, 0.15) is 23.8 Å². The first-order valence-corrected chi connectivity index (χ1v) is 7.19. The van der Waals surface area contributed by atoms with Crippen molar-refractivity contribution >= 4 is 22.5 Å². The molecule has 1 aliphatic heterocycles. The fourth-order valence-corrected chi connectivity index (χ4v) is 2.66. The molecule has 2 atom stereocenters. The Morgan fingerprint density at radius 3 is 3.05 bits per heavy atom. The highest BCUT2D eigenvalue weighted by Gasteiger charge is 2.24. The number of nitrogens with zero attached hydrogens (tertiary/aromatic N) is 1. The summed E-state index contributed by atoms with van der Waals surface area (Å²) in [4.78, 5) is 16.7. The number of hydrogen-bond donors (Lipinski definition) is 2. The van der Waals surface area contributed by atoms with Gasteiger partial charge < -0.3 is 15.8 Å². The van der Waals surface area contributed by atoms with E-state index in [4.69, 9.17) is 10.5 Å². The van der Waals surface area contributed by atoms with Crippen molar-refractivity contribution in [2.75, 3.05) is 18.9 Å². The summed E-state index contributed by atoms with van der Waals surface area (Å²) in [5.74, 6) is 0.179. The average molecular weight is 285 g/mol. The monoisotopic (exact) mass is 285 g/mol. The number of nitrogens with one attached hydrogen (secondary N) is 1. The fraction of sp³-hybridized carbons (Fsp3) is 0.375. The number of fused-ring (bicyclic) bond motifs is 1. The van der Waals surface area contributed by atoms with Gasteiger partial charge in [0.05, 0.1) is 12.1 Å². The van der Waals surface area contributed by atoms with Crippen LogP contribution in [0.3, 0.4) is 0 Å². The fourth-order valence-electron chi connectivity index (χ4n) is 2.66. The van der Waals surface area contributed by atoms with E-state index >= 15 is 0 Å². The van der Waals surface area contributed by atoms with Crippen molar-refractivity contribution in [1.29, 1.82) is 0 Å². The molecular formula is C16H19N3O2. The maximum atomic E-state index is 12.3. The van der Waals surface area contributed by atoms with Crippen LogP contribution in [0.4, 0.5) is 5.69 Å². The molecule has 5 heteroatoms. The van der Waals surface area contributed by atoms with E-state index in [0.717, 1.165) is 23.9 Å². The van der Waals surface area contributed by atoms with Gasteiger partial charge in [-0.15, -0.1) is 0 Å². The topological polar surface area (TPSA) is 77.2 Å². The molecule has 0 spiro atoms. The number of nitrogens with two attached hydrogens (primary N) is 1. The van der Waals surface area contributed by atoms with E-state index in [1.807, 2.05) is 31.2 Å². The van der Waals surface area contributed by atoms with Gasteiger partial charge in [0.15, 0.2) is 0 Å². The SMILES string of the molecule is CC(NC(=O)c1cc(N)c2ccccc2n1)C1CCOC1. The Kier molecular flexibility index (Phi) is 3.75. The van der Waals surface area contributed by atoms with Crippen LogP contribution < -0.4 is 11.1 Å². The highest BCUT2D eigenvalue weighted by atomic mass is 16.5. The number of ether oxygens (including phenoxy) is 1. The Bertz CT molecular complexity index is 666. The molecule has 3 rings (SSSR count). The molecule has 0 radical (unpaired) electrons. The molecule has 1 amide bonds. The highest BCUT2D eigenvalue weighted by Crippen LogP contribution is 2.21. The molecule has 1 aromatic heterocycles. The number of para-hydroxylation sites is 1. The molecule has 1 aromatic carbocycles. The van der Waals surface area contributed by atoms with Crippen molar-refractivity contribution in [3.05, 3.63) is 36.0 Å². The number of hydrogen-bond acceptors (Lipinski definition) is 4. The second-order valence-electron chi connectivity index (χ2n) is 5.50. The Morgan fingerprint density at radius 2 is 2.29 bits per heavy atom. The molecule has 1 saturated heterocycles. The molecule has 2 aromatic rings. The van der Waals surface area contributed by atoms with E-state index in [1.165, 1.54) is 0 Å². The molecule has 21 heavy (non-hydrogen) atoms. The summed E-state index contributed by atoms with van der Waals surface area (Å²) in [6.45, 7) is 3.47. The maximum absolute atomic E-state index is 12.3. The largest absolute Gasteiger partial charge is 0.398 e. The number of rotatable bonds is 3. The lowest BCUT2D eigenvalue weighted by atomic mass is 10.0. The maximum Gasteiger partial charge on any atom is 0.270 e. The first-order valence-electron chi connectivity index (χ1n) is 7.19. The predicted octanol–water partition coefficient (Wildman–Crippen LogP) is 1.97. The molecule has 2 unspecified atom stereocenters. The third-order valence-corrected chi connectivity index (χ3v) is 4.01. The van der Waals surface area contributed by atoms with E-state index < -0.39 is 0 Å². The minimum Gasteiger partial charge on any atom is -0.398 e. The Labute approximate surface area is 123 Å². The lowest BCUT2D eigenvalue weighted by Gasteiger charge is -2.19. The van der Waals surface area contributed by atoms with E-state index in [2.05, 4.69) is 10.3 Å². The first kappa shape index (κ1) is 13.8. The summed E-state index contributed by atoms with van der Waals surface area (Å²) in [7, 11) is 0. The summed E-state index contributed by atoms with van der Waals surface area (Å²) >= 11 is 0. The van der Waals surface area contributed by atoms with Gasteiger partial charge in [-0.1, -0.05) is 18.2 Å². The van der Waals surface area contributed by atoms with Crippen LogP contribution in [0.25, 0.3) is 10.9 Å². The molecule has 0 saturated carbocycles. The highest BCUT2D eigenvalue weighted by molar-refractivity contribution is 5.99. The number of aromatic nitrogens is 1. The van der Waals surface area contributed by atoms with Gasteiger partial charge in [0, 0.05) is 29.6 Å². The van der Waals surface area contributed by atoms with Crippen LogP contribution in [0.2, 0.25) is 0 Å². The van der Waals surface area contributed by atoms with Gasteiger partial charge in [-0.25, -0.2) is 4.98 Å². The van der Waals surface area contributed by atoms with Crippen molar-refractivity contribution in [3.63, 3.8) is 0 Å². The van der Waals surface area contributed by atoms with E-state index in [-0.39, 0.29) is 11.9 Å². The zero-order valence-corrected chi connectivity index (χ0v) is 12.0. The van der Waals surface area contributed by atoms with Crippen molar-refractivity contribution in [1.82, 2.24) is 10.3 Å². The predicted molar refractivity (Wildman–Crippen MR) is 82.0 cm³/mol. The van der Waals surface area contributed by atoms with Crippen LogP contribution >= 0.6 is 0 Å². The number of amides is 1. The van der Waals surface area contributed by atoms with Gasteiger partial charge in [0.2, 0.25) is 0 Å². The van der Waals surface area contributed by atoms with Crippen LogP contribution in [0, 0.1) is 5.92 Å². The molecule has 0 bridgehead atoms. The molecule has 110 valence electrons. The minimum absolute atomic E-state index is 0.0643. The number of carbonyl (C=O) groups excluding carboxylic acids is 1. The number of nitrogen functional groups attached to an aromatic ring is 1. The van der Waals surface area contributed by atoms with Crippen molar-refractivity contribution < 1.29 is 9.53 Å². The molecule has 1 fully saturated rings. The van der Waals surface area contributed by atoms with Gasteiger partial charge in [-0.3, -0.25) is 4.79 Å². The Morgan fingerprint density at radius 1 is 1.48 bits per heavy atom. The van der Waals surface area contributed by atoms with Crippen molar-refractivity contribution in [2.45, 2.75) is 19.4 Å². The van der Waals surface area contributed by atoms with Crippen LogP contribution in [-0.4, -0.2) is 30.1 Å². The minimum atomic E-state index is -0.188. The number of anilines is 1. The Balaban J connectivity index is 1.81. The first-order chi connectivity index (χ1) is 10.1. The number of carbonyl (C=O) groups is 1. The van der Waals surface area contributed by atoms with Crippen LogP contribution in [0.5, 0.6) is 0 Å². The van der Waals surface area contributed by atoms with E-state index in [1.54, 1.807) is 6.07 Å². The van der Waals surface area contributed by atoms with Crippen LogP contribution in [0.15, 0.2) is 30.3 Å². The van der Waals surface area contributed by atoms with Crippen LogP contribution in [-0.2, 0) is 4.74 Å². The number of benzene rings is 1. The lowest BCUT2D eigenvalue weighted by Crippen LogP contribution is -2.38. The van der Waals surface area contributed by atoms with E-state index in [9.17, 15) is 4.79 Å². The second-order valence-corrected chi connectivity index (χ2v) is 5.50. The normalized spacial score (nSPS) is 19.6. The molecule has 5 nitrogen and oxygen atoms in total. The molecule has 1 aliphatic rings. The van der Waals surface area contributed by atoms with Gasteiger partial charge >= 0.3 is 0 Å². The zero-order chi connectivity index (χ0) is 14.8. The van der Waals surface area contributed by atoms with Gasteiger partial charge in [-0.2, -0.15) is 0 Å². The lowest BCUT2D eigenvalue weighted by molar-refractivity contribution is 0.0917. The molecule has 2 heterocycles. The third-order valence-electron chi connectivity index (χ3n) is 4.01. The zero-order valence-electron chi connectivity index (χ0n) is 12.0. The summed E-state index contributed by atoms with van der Waals surface area (Å²) in [6, 6.07) is 9.25. The summed E-state index contributed by atoms with van der Waals surface area (Å²) in [6.07, 6.45) is 0.981. The van der Waals surface area contributed by atoms with Gasteiger partial charge in [-0.05, 0) is 25.5 Å². The molecule has 3 N–H and O–H groups in total. The quantitative estimate of drug-likeness (QED) is 0.904. The smallest absolute Gasteiger partial charge is 0.270 e. The average Bonchev–Trinajstić information content (AvgIpc) is 3.01. The number of pyridine rings is 1. The van der Waals surface area contributed by atoms with Gasteiger partial charge in [0.25, 0.3) is 5.91 Å². The summed E-state index contributed by atoms with van der Waals surface area (Å²) in [5.41, 5.74) is 7.67. The standard InChI is InChI=1S/C16H19N3O2/c1-10(11-6-7-21-9-11)18-16(20)15-8-13(17)12-4-2-3-5-14(12)19-15/h2-5,8,10-11H,6-7,9H2,1H3,(H2,17,19)(H,18,20). The second kappa shape index (κ2) is 5.69. The molecule has 0 aliphatic carbocycles. The Hall–Kier alpha value is -2.14. The van der Waals surface area contributed by atoms with Gasteiger partial charge in [0.1, 0.15) is 5.69 Å². The molecular weight excluding hydrogens is 266 g/mol. The summed E-state index contributed by atoms with van der Waals surface area (Å²) in [5, 5.41) is 3.86. The summed E-state index contributed by atoms with van der Waals surface area (Å²) < 4.78 is 5.36. The third kappa shape index (κ3) is 2.83. The van der Waals surface area contributed by atoms with E-state index in [0.29, 0.717) is 23.9 Å². The van der Waals surface area contributed by atoms with Crippen molar-refractivity contribution in [2.24, 2.45) is 5.92 Å². The van der Waals surface area contributed by atoms with Crippen molar-refractivity contribution in [3.8, 4) is 0 Å².